The van der Waals surface area contributed by atoms with Crippen LogP contribution in [0.5, 0.6) is 5.75 Å². The highest BCUT2D eigenvalue weighted by atomic mass is 79.9. The average molecular weight is 337 g/mol. The van der Waals surface area contributed by atoms with E-state index in [0.717, 1.165) is 0 Å². The van der Waals surface area contributed by atoms with Gasteiger partial charge in [0.05, 0.1) is 11.1 Å². The van der Waals surface area contributed by atoms with Crippen molar-refractivity contribution in [3.63, 3.8) is 0 Å². The van der Waals surface area contributed by atoms with E-state index in [9.17, 15) is 9.18 Å². The lowest BCUT2D eigenvalue weighted by Gasteiger charge is -2.06. The van der Waals surface area contributed by atoms with E-state index in [-0.39, 0.29) is 11.6 Å². The van der Waals surface area contributed by atoms with Crippen LogP contribution in [0, 0.1) is 5.82 Å². The van der Waals surface area contributed by atoms with E-state index < -0.39 is 0 Å². The number of halogens is 2. The molecule has 0 aliphatic heterocycles. The third-order valence-corrected chi connectivity index (χ3v) is 3.45. The molecule has 0 aromatic heterocycles. The molecule has 0 unspecified atom stereocenters. The molecule has 2 rings (SSSR count). The maximum atomic E-state index is 13.3. The predicted molar refractivity (Wildman–Crippen MR) is 79.6 cm³/mol. The van der Waals surface area contributed by atoms with E-state index in [1.165, 1.54) is 6.07 Å². The Morgan fingerprint density at radius 1 is 1.15 bits per heavy atom. The number of carbonyl (C=O) groups is 1. The van der Waals surface area contributed by atoms with Gasteiger partial charge in [-0.05, 0) is 34.5 Å². The van der Waals surface area contributed by atoms with Crippen LogP contribution >= 0.6 is 15.9 Å². The zero-order valence-corrected chi connectivity index (χ0v) is 12.4. The third-order valence-electron chi connectivity index (χ3n) is 2.80. The van der Waals surface area contributed by atoms with Crippen molar-refractivity contribution in [3.05, 3.63) is 64.4 Å². The summed E-state index contributed by atoms with van der Waals surface area (Å²) in [5.41, 5.74) is 0.710. The van der Waals surface area contributed by atoms with Crippen LogP contribution in [0.4, 0.5) is 4.39 Å². The van der Waals surface area contributed by atoms with Gasteiger partial charge in [-0.25, -0.2) is 4.39 Å². The number of rotatable bonds is 6. The van der Waals surface area contributed by atoms with E-state index in [1.54, 1.807) is 24.3 Å². The van der Waals surface area contributed by atoms with Gasteiger partial charge in [0.15, 0.2) is 5.78 Å². The molecule has 4 heteroatoms. The van der Waals surface area contributed by atoms with Crippen molar-refractivity contribution in [1.82, 2.24) is 0 Å². The molecule has 0 fully saturated rings. The van der Waals surface area contributed by atoms with E-state index in [4.69, 9.17) is 4.74 Å². The molecular weight excluding hydrogens is 323 g/mol. The number of ether oxygens (including phenoxy) is 1. The van der Waals surface area contributed by atoms with Gasteiger partial charge in [0.25, 0.3) is 0 Å². The van der Waals surface area contributed by atoms with Crippen LogP contribution in [0.2, 0.25) is 0 Å². The van der Waals surface area contributed by atoms with Gasteiger partial charge in [-0.3, -0.25) is 4.79 Å². The minimum absolute atomic E-state index is 0.0937. The van der Waals surface area contributed by atoms with Crippen LogP contribution in [0.15, 0.2) is 53.0 Å². The summed E-state index contributed by atoms with van der Waals surface area (Å²) in [6.45, 7) is 0.389. The average Bonchev–Trinajstić information content (AvgIpc) is 2.48. The maximum Gasteiger partial charge on any atom is 0.163 e. The van der Waals surface area contributed by atoms with Crippen LogP contribution < -0.4 is 4.74 Å². The van der Waals surface area contributed by atoms with Crippen LogP contribution in [0.1, 0.15) is 23.2 Å². The Balaban J connectivity index is 1.76. The maximum absolute atomic E-state index is 13.3. The molecular formula is C16H14BrFO2. The van der Waals surface area contributed by atoms with Crippen LogP contribution in [0.3, 0.4) is 0 Å². The summed E-state index contributed by atoms with van der Waals surface area (Å²) in [7, 11) is 0. The Hall–Kier alpha value is -1.68. The van der Waals surface area contributed by atoms with Crippen molar-refractivity contribution in [2.24, 2.45) is 0 Å². The first-order chi connectivity index (χ1) is 9.66. The summed E-state index contributed by atoms with van der Waals surface area (Å²) in [4.78, 5) is 11.8. The van der Waals surface area contributed by atoms with Gasteiger partial charge in [-0.2, -0.15) is 0 Å². The van der Waals surface area contributed by atoms with Gasteiger partial charge in [0, 0.05) is 18.1 Å². The molecule has 0 bridgehead atoms. The summed E-state index contributed by atoms with van der Waals surface area (Å²) in [5.74, 6) is 0.205. The molecule has 2 aromatic rings. The number of hydrogen-bond acceptors (Lipinski definition) is 2. The van der Waals surface area contributed by atoms with Gasteiger partial charge in [0.2, 0.25) is 0 Å². The lowest BCUT2D eigenvalue weighted by atomic mass is 10.1. The Labute approximate surface area is 125 Å². The Kier molecular flexibility index (Phi) is 5.30. The monoisotopic (exact) mass is 336 g/mol. The third kappa shape index (κ3) is 4.17. The van der Waals surface area contributed by atoms with Crippen molar-refractivity contribution >= 4 is 21.7 Å². The Morgan fingerprint density at radius 2 is 1.90 bits per heavy atom. The van der Waals surface area contributed by atoms with E-state index in [2.05, 4.69) is 15.9 Å². The van der Waals surface area contributed by atoms with Crippen molar-refractivity contribution in [3.8, 4) is 5.75 Å². The second kappa shape index (κ2) is 7.20. The second-order valence-corrected chi connectivity index (χ2v) is 5.17. The normalized spacial score (nSPS) is 10.3. The van der Waals surface area contributed by atoms with Gasteiger partial charge < -0.3 is 4.74 Å². The number of carbonyl (C=O) groups excluding carboxylic acids is 1. The quantitative estimate of drug-likeness (QED) is 0.567. The highest BCUT2D eigenvalue weighted by Crippen LogP contribution is 2.21. The summed E-state index contributed by atoms with van der Waals surface area (Å²) in [6.07, 6.45) is 1.02. The van der Waals surface area contributed by atoms with Crippen LogP contribution in [-0.4, -0.2) is 12.4 Å². The first-order valence-electron chi connectivity index (χ1n) is 6.33. The molecule has 0 spiro atoms. The fourth-order valence-electron chi connectivity index (χ4n) is 1.76. The SMILES string of the molecule is O=C(CCCOc1ccc(Br)c(F)c1)c1ccccc1. The van der Waals surface area contributed by atoms with Gasteiger partial charge in [0.1, 0.15) is 11.6 Å². The second-order valence-electron chi connectivity index (χ2n) is 4.32. The molecule has 0 saturated carbocycles. The highest BCUT2D eigenvalue weighted by molar-refractivity contribution is 9.10. The largest absolute Gasteiger partial charge is 0.493 e. The van der Waals surface area contributed by atoms with E-state index >= 15 is 0 Å². The number of Topliss-reactive ketones (excluding diaryl/α,β-unsaturated/α-hetero) is 1. The number of benzene rings is 2. The topological polar surface area (TPSA) is 26.3 Å². The Bertz CT molecular complexity index is 584. The minimum atomic E-state index is -0.358. The molecule has 0 radical (unpaired) electrons. The standard InChI is InChI=1S/C16H14BrFO2/c17-14-9-8-13(11-15(14)18)20-10-4-7-16(19)12-5-2-1-3-6-12/h1-3,5-6,8-9,11H,4,7,10H2. The molecule has 0 N–H and O–H groups in total. The molecule has 0 heterocycles. The molecule has 20 heavy (non-hydrogen) atoms. The number of hydrogen-bond donors (Lipinski definition) is 0. The zero-order valence-electron chi connectivity index (χ0n) is 10.8. The molecule has 0 amide bonds. The van der Waals surface area contributed by atoms with E-state index in [0.29, 0.717) is 35.2 Å². The first-order valence-corrected chi connectivity index (χ1v) is 7.12. The molecule has 0 aliphatic carbocycles. The zero-order chi connectivity index (χ0) is 14.4. The fraction of sp³-hybridized carbons (Fsp3) is 0.188. The fourth-order valence-corrected chi connectivity index (χ4v) is 2.00. The lowest BCUT2D eigenvalue weighted by Crippen LogP contribution is -2.03. The van der Waals surface area contributed by atoms with Gasteiger partial charge >= 0.3 is 0 Å². The van der Waals surface area contributed by atoms with Crippen molar-refractivity contribution in [1.29, 1.82) is 0 Å². The van der Waals surface area contributed by atoms with E-state index in [1.807, 2.05) is 18.2 Å². The molecule has 0 saturated heterocycles. The molecule has 2 nitrogen and oxygen atoms in total. The van der Waals surface area contributed by atoms with Crippen molar-refractivity contribution in [2.45, 2.75) is 12.8 Å². The van der Waals surface area contributed by atoms with Crippen molar-refractivity contribution < 1.29 is 13.9 Å². The minimum Gasteiger partial charge on any atom is -0.493 e. The molecule has 0 atom stereocenters. The highest BCUT2D eigenvalue weighted by Gasteiger charge is 2.05. The van der Waals surface area contributed by atoms with Crippen LogP contribution in [-0.2, 0) is 0 Å². The van der Waals surface area contributed by atoms with Gasteiger partial charge in [-0.15, -0.1) is 0 Å². The first kappa shape index (κ1) is 14.7. The van der Waals surface area contributed by atoms with Crippen LogP contribution in [0.25, 0.3) is 0 Å². The Morgan fingerprint density at radius 3 is 2.60 bits per heavy atom. The summed E-state index contributed by atoms with van der Waals surface area (Å²) < 4.78 is 19.1. The summed E-state index contributed by atoms with van der Waals surface area (Å²) in [6, 6.07) is 13.8. The van der Waals surface area contributed by atoms with Crippen molar-refractivity contribution in [2.75, 3.05) is 6.61 Å². The smallest absolute Gasteiger partial charge is 0.163 e. The lowest BCUT2D eigenvalue weighted by molar-refractivity contribution is 0.0973. The van der Waals surface area contributed by atoms with Gasteiger partial charge in [-0.1, -0.05) is 30.3 Å². The predicted octanol–water partition coefficient (Wildman–Crippen LogP) is 4.63. The molecule has 2 aromatic carbocycles. The number of ketones is 1. The summed E-state index contributed by atoms with van der Waals surface area (Å²) in [5, 5.41) is 0. The molecule has 0 aliphatic rings. The summed E-state index contributed by atoms with van der Waals surface area (Å²) >= 11 is 3.08. The molecule has 104 valence electrons.